The molecule has 5 N–H and O–H groups in total. The molecule has 1 heterocycles. The molecule has 1 aliphatic rings. The minimum atomic E-state index is -0.638. The fourth-order valence-electron chi connectivity index (χ4n) is 2.66. The number of hydrogen-bond acceptors (Lipinski definition) is 6. The van der Waals surface area contributed by atoms with Crippen molar-refractivity contribution in [3.8, 4) is 0 Å². The second-order valence-corrected chi connectivity index (χ2v) is 6.49. The average Bonchev–Trinajstić information content (AvgIpc) is 2.74. The first-order chi connectivity index (χ1) is 9.94. The Hall–Kier alpha value is -1.76. The van der Waals surface area contributed by atoms with E-state index in [1.807, 2.05) is 0 Å². The molecule has 1 saturated carbocycles. The third-order valence-corrected chi connectivity index (χ3v) is 5.49. The second-order valence-electron chi connectivity index (χ2n) is 5.47. The summed E-state index contributed by atoms with van der Waals surface area (Å²) in [6, 6.07) is 0. The zero-order valence-electron chi connectivity index (χ0n) is 12.3. The molecule has 0 spiro atoms. The Morgan fingerprint density at radius 2 is 2.10 bits per heavy atom. The molecular formula is C14H21N3O3S. The second kappa shape index (κ2) is 5.93. The lowest BCUT2D eigenvalue weighted by Gasteiger charge is -2.41. The average molecular weight is 311 g/mol. The number of nitrogens with two attached hydrogens (primary N) is 2. The first-order valence-corrected chi connectivity index (χ1v) is 7.80. The van der Waals surface area contributed by atoms with Crippen LogP contribution in [0.5, 0.6) is 0 Å². The standard InChI is InChI=1S/C14H21N3O3S/c1-3-14(5-4-6-14)7-17-12-8(11(16)18)9(15)10(21-12)13(19)20-2/h17H,3-7,15H2,1-2H3,(H2,16,18). The van der Waals surface area contributed by atoms with Crippen LogP contribution in [0.25, 0.3) is 0 Å². The van der Waals surface area contributed by atoms with E-state index in [1.165, 1.54) is 26.4 Å². The normalized spacial score (nSPS) is 16.1. The number of rotatable bonds is 6. The zero-order chi connectivity index (χ0) is 15.6. The number of hydrogen-bond donors (Lipinski definition) is 3. The van der Waals surface area contributed by atoms with Gasteiger partial charge in [-0.2, -0.15) is 0 Å². The Labute approximate surface area is 127 Å². The topological polar surface area (TPSA) is 107 Å². The summed E-state index contributed by atoms with van der Waals surface area (Å²) >= 11 is 1.12. The van der Waals surface area contributed by atoms with Crippen molar-refractivity contribution in [2.45, 2.75) is 32.6 Å². The van der Waals surface area contributed by atoms with Crippen LogP contribution in [0.2, 0.25) is 0 Å². The molecule has 0 aromatic carbocycles. The van der Waals surface area contributed by atoms with Crippen LogP contribution in [0.1, 0.15) is 52.6 Å². The molecule has 1 aromatic heterocycles. The molecule has 0 unspecified atom stereocenters. The number of anilines is 2. The molecule has 0 aliphatic heterocycles. The van der Waals surface area contributed by atoms with Gasteiger partial charge in [-0.05, 0) is 24.7 Å². The van der Waals surface area contributed by atoms with Gasteiger partial charge in [0.25, 0.3) is 5.91 Å². The van der Waals surface area contributed by atoms with E-state index in [0.717, 1.165) is 24.3 Å². The highest BCUT2D eigenvalue weighted by atomic mass is 32.1. The van der Waals surface area contributed by atoms with E-state index in [-0.39, 0.29) is 21.5 Å². The number of amides is 1. The lowest BCUT2D eigenvalue weighted by molar-refractivity contribution is 0.0607. The number of ether oxygens (including phenoxy) is 1. The molecule has 116 valence electrons. The maximum absolute atomic E-state index is 11.7. The number of primary amides is 1. The smallest absolute Gasteiger partial charge is 0.350 e. The van der Waals surface area contributed by atoms with Crippen molar-refractivity contribution < 1.29 is 14.3 Å². The Kier molecular flexibility index (Phi) is 4.41. The van der Waals surface area contributed by atoms with Crippen molar-refractivity contribution in [2.24, 2.45) is 11.1 Å². The monoisotopic (exact) mass is 311 g/mol. The van der Waals surface area contributed by atoms with Gasteiger partial charge >= 0.3 is 5.97 Å². The Bertz CT molecular complexity index is 559. The molecule has 2 rings (SSSR count). The number of carbonyl (C=O) groups excluding carboxylic acids is 2. The summed E-state index contributed by atoms with van der Waals surface area (Å²) in [5.41, 5.74) is 11.8. The van der Waals surface area contributed by atoms with Gasteiger partial charge in [-0.3, -0.25) is 4.79 Å². The van der Waals surface area contributed by atoms with Gasteiger partial charge in [0.2, 0.25) is 0 Å². The maximum atomic E-state index is 11.7. The van der Waals surface area contributed by atoms with E-state index in [2.05, 4.69) is 17.0 Å². The van der Waals surface area contributed by atoms with Crippen molar-refractivity contribution in [2.75, 3.05) is 24.7 Å². The first-order valence-electron chi connectivity index (χ1n) is 6.98. The Balaban J connectivity index is 2.25. The molecule has 0 saturated heterocycles. The molecule has 1 aliphatic carbocycles. The summed E-state index contributed by atoms with van der Waals surface area (Å²) in [5, 5.41) is 3.81. The van der Waals surface area contributed by atoms with Crippen LogP contribution in [0.15, 0.2) is 0 Å². The number of thiophene rings is 1. The van der Waals surface area contributed by atoms with Gasteiger partial charge < -0.3 is 21.5 Å². The number of esters is 1. The molecular weight excluding hydrogens is 290 g/mol. The third kappa shape index (κ3) is 2.83. The van der Waals surface area contributed by atoms with Crippen LogP contribution in [0.4, 0.5) is 10.7 Å². The zero-order valence-corrected chi connectivity index (χ0v) is 13.1. The summed E-state index contributed by atoms with van der Waals surface area (Å²) in [6.45, 7) is 2.92. The molecule has 21 heavy (non-hydrogen) atoms. The van der Waals surface area contributed by atoms with Crippen molar-refractivity contribution >= 4 is 33.9 Å². The summed E-state index contributed by atoms with van der Waals surface area (Å²) in [5.74, 6) is -1.19. The van der Waals surface area contributed by atoms with Crippen molar-refractivity contribution in [1.82, 2.24) is 0 Å². The van der Waals surface area contributed by atoms with Gasteiger partial charge in [-0.1, -0.05) is 13.3 Å². The van der Waals surface area contributed by atoms with Crippen LogP contribution < -0.4 is 16.8 Å². The molecule has 1 aromatic rings. The minimum absolute atomic E-state index is 0.0982. The summed E-state index contributed by atoms with van der Waals surface area (Å²) in [7, 11) is 1.28. The quantitative estimate of drug-likeness (QED) is 0.698. The maximum Gasteiger partial charge on any atom is 0.350 e. The van der Waals surface area contributed by atoms with Crippen LogP contribution >= 0.6 is 11.3 Å². The van der Waals surface area contributed by atoms with Gasteiger partial charge in [0.05, 0.1) is 18.4 Å². The predicted octanol–water partition coefficient (Wildman–Crippen LogP) is 2.21. The number of nitrogen functional groups attached to an aromatic ring is 1. The fourth-order valence-corrected chi connectivity index (χ4v) is 3.70. The van der Waals surface area contributed by atoms with E-state index < -0.39 is 11.9 Å². The first kappa shape index (κ1) is 15.6. The van der Waals surface area contributed by atoms with Crippen LogP contribution in [-0.2, 0) is 4.74 Å². The van der Waals surface area contributed by atoms with Crippen molar-refractivity contribution in [3.05, 3.63) is 10.4 Å². The van der Waals surface area contributed by atoms with Crippen LogP contribution in [0.3, 0.4) is 0 Å². The number of methoxy groups -OCH3 is 1. The lowest BCUT2D eigenvalue weighted by atomic mass is 9.67. The Morgan fingerprint density at radius 3 is 2.52 bits per heavy atom. The number of carbonyl (C=O) groups is 2. The van der Waals surface area contributed by atoms with Gasteiger partial charge in [-0.25, -0.2) is 4.79 Å². The highest BCUT2D eigenvalue weighted by Gasteiger charge is 2.35. The molecule has 1 amide bonds. The summed E-state index contributed by atoms with van der Waals surface area (Å²) in [6.07, 6.45) is 4.66. The molecule has 0 bridgehead atoms. The fraction of sp³-hybridized carbons (Fsp3) is 0.571. The minimum Gasteiger partial charge on any atom is -0.465 e. The van der Waals surface area contributed by atoms with E-state index in [1.54, 1.807) is 0 Å². The summed E-state index contributed by atoms with van der Waals surface area (Å²) < 4.78 is 4.68. The predicted molar refractivity (Wildman–Crippen MR) is 83.7 cm³/mol. The van der Waals surface area contributed by atoms with Gasteiger partial charge in [0, 0.05) is 6.54 Å². The highest BCUT2D eigenvalue weighted by molar-refractivity contribution is 7.19. The van der Waals surface area contributed by atoms with Crippen molar-refractivity contribution in [1.29, 1.82) is 0 Å². The molecule has 1 fully saturated rings. The lowest BCUT2D eigenvalue weighted by Crippen LogP contribution is -2.36. The molecule has 0 radical (unpaired) electrons. The van der Waals surface area contributed by atoms with Gasteiger partial charge in [0.15, 0.2) is 0 Å². The van der Waals surface area contributed by atoms with Gasteiger partial charge in [-0.15, -0.1) is 11.3 Å². The molecule has 6 nitrogen and oxygen atoms in total. The van der Waals surface area contributed by atoms with Crippen LogP contribution in [-0.4, -0.2) is 25.5 Å². The van der Waals surface area contributed by atoms with Gasteiger partial charge in [0.1, 0.15) is 9.88 Å². The van der Waals surface area contributed by atoms with Crippen LogP contribution in [0, 0.1) is 5.41 Å². The SMILES string of the molecule is CCC1(CNc2sc(C(=O)OC)c(N)c2C(N)=O)CCC1. The van der Waals surface area contributed by atoms with E-state index in [0.29, 0.717) is 5.00 Å². The van der Waals surface area contributed by atoms with E-state index in [4.69, 9.17) is 11.5 Å². The molecule has 0 atom stereocenters. The largest absolute Gasteiger partial charge is 0.465 e. The van der Waals surface area contributed by atoms with Crippen molar-refractivity contribution in [3.63, 3.8) is 0 Å². The molecule has 7 heteroatoms. The summed E-state index contributed by atoms with van der Waals surface area (Å²) in [4.78, 5) is 23.5. The Morgan fingerprint density at radius 1 is 1.43 bits per heavy atom. The van der Waals surface area contributed by atoms with E-state index >= 15 is 0 Å². The van der Waals surface area contributed by atoms with E-state index in [9.17, 15) is 9.59 Å². The highest BCUT2D eigenvalue weighted by Crippen LogP contribution is 2.45. The third-order valence-electron chi connectivity index (χ3n) is 4.35. The number of nitrogens with one attached hydrogen (secondary N) is 1.